The van der Waals surface area contributed by atoms with E-state index < -0.39 is 11.7 Å². The topological polar surface area (TPSA) is 85.1 Å². The summed E-state index contributed by atoms with van der Waals surface area (Å²) in [5, 5.41) is 11.4. The maximum Gasteiger partial charge on any atom is 0.417 e. The van der Waals surface area contributed by atoms with Gasteiger partial charge in [-0.05, 0) is 31.5 Å². The molecule has 0 radical (unpaired) electrons. The predicted molar refractivity (Wildman–Crippen MR) is 115 cm³/mol. The zero-order valence-corrected chi connectivity index (χ0v) is 18.9. The highest BCUT2D eigenvalue weighted by Gasteiger charge is 2.31. The number of hydrogen-bond acceptors (Lipinski definition) is 6. The van der Waals surface area contributed by atoms with Gasteiger partial charge < -0.3 is 5.32 Å². The molecule has 0 saturated heterocycles. The van der Waals surface area contributed by atoms with E-state index >= 15 is 0 Å². The van der Waals surface area contributed by atoms with E-state index in [1.807, 2.05) is 34.6 Å². The second-order valence-corrected chi connectivity index (χ2v) is 9.56. The third-order valence-electron chi connectivity index (χ3n) is 5.06. The van der Waals surface area contributed by atoms with Crippen molar-refractivity contribution in [2.24, 2.45) is 0 Å². The monoisotopic (exact) mass is 462 g/mol. The first-order valence-corrected chi connectivity index (χ1v) is 10.6. The predicted octanol–water partition coefficient (Wildman–Crippen LogP) is 4.60. The van der Waals surface area contributed by atoms with E-state index in [2.05, 4.69) is 25.5 Å². The molecule has 1 amide bonds. The molecular weight excluding hydrogens is 441 g/mol. The molecule has 0 saturated carbocycles. The van der Waals surface area contributed by atoms with Crippen LogP contribution in [0.4, 0.5) is 13.2 Å². The standard InChI is InChI=1S/C21H21F3N6OS/c1-10-15-11(2)26-19(20(3,4)5)27-18(15)32-16(10)17(31)25-8-14-29-28-13-7-6-12(9-30(13)14)21(22,23)24/h6-7,9H,8H2,1-5H3,(H,25,31). The summed E-state index contributed by atoms with van der Waals surface area (Å²) in [5.74, 6) is 0.543. The normalized spacial score (nSPS) is 12.6. The fourth-order valence-electron chi connectivity index (χ4n) is 3.36. The molecular formula is C21H21F3N6OS. The molecule has 4 rings (SSSR count). The third-order valence-corrected chi connectivity index (χ3v) is 6.24. The van der Waals surface area contributed by atoms with Crippen molar-refractivity contribution in [2.75, 3.05) is 0 Å². The average molecular weight is 463 g/mol. The van der Waals surface area contributed by atoms with Crippen LogP contribution in [0.5, 0.6) is 0 Å². The maximum absolute atomic E-state index is 13.0. The Kier molecular flexibility index (Phi) is 5.19. The molecule has 0 atom stereocenters. The molecule has 4 aromatic rings. The molecule has 32 heavy (non-hydrogen) atoms. The summed E-state index contributed by atoms with van der Waals surface area (Å²) >= 11 is 1.27. The van der Waals surface area contributed by atoms with E-state index in [9.17, 15) is 18.0 Å². The van der Waals surface area contributed by atoms with E-state index in [-0.39, 0.29) is 29.3 Å². The van der Waals surface area contributed by atoms with Gasteiger partial charge in [0.2, 0.25) is 0 Å². The first kappa shape index (κ1) is 22.1. The van der Waals surface area contributed by atoms with Gasteiger partial charge in [0.05, 0.1) is 22.7 Å². The number of alkyl halides is 3. The lowest BCUT2D eigenvalue weighted by molar-refractivity contribution is -0.137. The lowest BCUT2D eigenvalue weighted by Crippen LogP contribution is -2.23. The lowest BCUT2D eigenvalue weighted by Gasteiger charge is -2.16. The molecule has 0 aliphatic heterocycles. The van der Waals surface area contributed by atoms with E-state index in [1.54, 1.807) is 0 Å². The van der Waals surface area contributed by atoms with Crippen molar-refractivity contribution in [1.82, 2.24) is 29.9 Å². The van der Waals surface area contributed by atoms with E-state index in [0.717, 1.165) is 33.7 Å². The fraction of sp³-hybridized carbons (Fsp3) is 0.381. The Bertz CT molecular complexity index is 1350. The summed E-state index contributed by atoms with van der Waals surface area (Å²) in [5.41, 5.74) is 0.785. The van der Waals surface area contributed by atoms with Crippen LogP contribution in [0.15, 0.2) is 18.3 Å². The van der Waals surface area contributed by atoms with Crippen LogP contribution in [0.2, 0.25) is 0 Å². The van der Waals surface area contributed by atoms with Crippen LogP contribution in [0.1, 0.15) is 58.9 Å². The van der Waals surface area contributed by atoms with Crippen molar-refractivity contribution >= 4 is 33.1 Å². The molecule has 11 heteroatoms. The van der Waals surface area contributed by atoms with Crippen molar-refractivity contribution < 1.29 is 18.0 Å². The van der Waals surface area contributed by atoms with Gasteiger partial charge in [-0.2, -0.15) is 13.2 Å². The molecule has 0 aliphatic rings. The zero-order valence-electron chi connectivity index (χ0n) is 18.1. The molecule has 0 aromatic carbocycles. The Hall–Kier alpha value is -3.08. The number of halogens is 3. The maximum atomic E-state index is 13.0. The highest BCUT2D eigenvalue weighted by Crippen LogP contribution is 2.33. The van der Waals surface area contributed by atoms with Gasteiger partial charge in [-0.3, -0.25) is 9.20 Å². The van der Waals surface area contributed by atoms with Crippen molar-refractivity contribution in [2.45, 2.75) is 52.8 Å². The molecule has 0 fully saturated rings. The number of pyridine rings is 1. The van der Waals surface area contributed by atoms with Gasteiger partial charge in [0.1, 0.15) is 10.7 Å². The van der Waals surface area contributed by atoms with Gasteiger partial charge >= 0.3 is 6.18 Å². The van der Waals surface area contributed by atoms with Crippen LogP contribution < -0.4 is 5.32 Å². The second kappa shape index (κ2) is 7.51. The Morgan fingerprint density at radius 3 is 2.50 bits per heavy atom. The second-order valence-electron chi connectivity index (χ2n) is 8.56. The van der Waals surface area contributed by atoms with Crippen molar-refractivity contribution in [3.63, 3.8) is 0 Å². The Morgan fingerprint density at radius 2 is 1.84 bits per heavy atom. The summed E-state index contributed by atoms with van der Waals surface area (Å²) in [4.78, 5) is 23.4. The number of fused-ring (bicyclic) bond motifs is 2. The summed E-state index contributed by atoms with van der Waals surface area (Å²) in [6.45, 7) is 9.72. The molecule has 0 bridgehead atoms. The number of carbonyl (C=O) groups is 1. The minimum absolute atomic E-state index is 0.0765. The number of rotatable bonds is 3. The fourth-order valence-corrected chi connectivity index (χ4v) is 4.51. The van der Waals surface area contributed by atoms with Crippen LogP contribution in [-0.4, -0.2) is 30.5 Å². The number of nitrogens with one attached hydrogen (secondary N) is 1. The van der Waals surface area contributed by atoms with Gasteiger partial charge in [0, 0.05) is 17.0 Å². The summed E-state index contributed by atoms with van der Waals surface area (Å²) in [7, 11) is 0. The smallest absolute Gasteiger partial charge is 0.344 e. The Balaban J connectivity index is 1.62. The Labute approximate surface area is 185 Å². The van der Waals surface area contributed by atoms with E-state index in [4.69, 9.17) is 0 Å². The van der Waals surface area contributed by atoms with Crippen LogP contribution in [0.25, 0.3) is 15.9 Å². The minimum Gasteiger partial charge on any atom is -0.344 e. The van der Waals surface area contributed by atoms with Crippen LogP contribution in [-0.2, 0) is 18.1 Å². The SMILES string of the molecule is Cc1nc(C(C)(C)C)nc2sc(C(=O)NCc3nnc4ccc(C(F)(F)F)cn34)c(C)c12. The number of nitrogens with zero attached hydrogens (tertiary/aromatic N) is 5. The first-order chi connectivity index (χ1) is 14.9. The Morgan fingerprint density at radius 1 is 1.12 bits per heavy atom. The van der Waals surface area contributed by atoms with Crippen molar-refractivity contribution in [3.8, 4) is 0 Å². The van der Waals surface area contributed by atoms with Gasteiger partial charge in [-0.25, -0.2) is 9.97 Å². The van der Waals surface area contributed by atoms with Gasteiger partial charge in [-0.15, -0.1) is 21.5 Å². The van der Waals surface area contributed by atoms with E-state index in [1.165, 1.54) is 21.8 Å². The molecule has 0 aliphatic carbocycles. The average Bonchev–Trinajstić information content (AvgIpc) is 3.25. The van der Waals surface area contributed by atoms with Gasteiger partial charge in [0.25, 0.3) is 5.91 Å². The van der Waals surface area contributed by atoms with Crippen molar-refractivity contribution in [1.29, 1.82) is 0 Å². The summed E-state index contributed by atoms with van der Waals surface area (Å²) < 4.78 is 40.3. The molecule has 0 spiro atoms. The molecule has 1 N–H and O–H groups in total. The first-order valence-electron chi connectivity index (χ1n) is 9.83. The summed E-state index contributed by atoms with van der Waals surface area (Å²) in [6.07, 6.45) is -3.56. The molecule has 7 nitrogen and oxygen atoms in total. The number of aromatic nitrogens is 5. The van der Waals surface area contributed by atoms with E-state index in [0.29, 0.717) is 10.7 Å². The number of aryl methyl sites for hydroxylation is 2. The molecule has 4 heterocycles. The number of hydrogen-bond donors (Lipinski definition) is 1. The van der Waals surface area contributed by atoms with Gasteiger partial charge in [0.15, 0.2) is 11.5 Å². The lowest BCUT2D eigenvalue weighted by atomic mass is 9.95. The van der Waals surface area contributed by atoms with Crippen LogP contribution in [0, 0.1) is 13.8 Å². The number of amides is 1. The van der Waals surface area contributed by atoms with Crippen LogP contribution in [0.3, 0.4) is 0 Å². The molecule has 168 valence electrons. The van der Waals surface area contributed by atoms with Crippen molar-refractivity contribution in [3.05, 3.63) is 51.7 Å². The zero-order chi connectivity index (χ0) is 23.4. The molecule has 0 unspecified atom stereocenters. The number of thiophene rings is 1. The van der Waals surface area contributed by atoms with Gasteiger partial charge in [-0.1, -0.05) is 20.8 Å². The minimum atomic E-state index is -4.49. The highest BCUT2D eigenvalue weighted by atomic mass is 32.1. The quantitative estimate of drug-likeness (QED) is 0.481. The number of carbonyl (C=O) groups excluding carboxylic acids is 1. The highest BCUT2D eigenvalue weighted by molar-refractivity contribution is 7.20. The largest absolute Gasteiger partial charge is 0.417 e. The van der Waals surface area contributed by atoms with Crippen LogP contribution >= 0.6 is 11.3 Å². The molecule has 4 aromatic heterocycles. The third kappa shape index (κ3) is 3.92. The summed E-state index contributed by atoms with van der Waals surface area (Å²) in [6, 6.07) is 2.19.